The first-order valence-corrected chi connectivity index (χ1v) is 3.11. The summed E-state index contributed by atoms with van der Waals surface area (Å²) in [7, 11) is 0. The Labute approximate surface area is 59.3 Å². The van der Waals surface area contributed by atoms with E-state index in [0.717, 1.165) is 0 Å². The van der Waals surface area contributed by atoms with Crippen molar-refractivity contribution in [1.82, 2.24) is 4.90 Å². The Hall–Kier alpha value is -1.12. The highest BCUT2D eigenvalue weighted by Crippen LogP contribution is 2.17. The standard InChI is InChI=1S/C7H9NO2/c1-3-6-4-8(5(2)9)7(6)10/h3,6H,1,4H2,2H3. The minimum absolute atomic E-state index is 0.121. The fourth-order valence-corrected chi connectivity index (χ4v) is 0.912. The van der Waals surface area contributed by atoms with Crippen LogP contribution in [0.4, 0.5) is 0 Å². The molecule has 1 aliphatic heterocycles. The van der Waals surface area contributed by atoms with Crippen molar-refractivity contribution in [3.05, 3.63) is 12.7 Å². The topological polar surface area (TPSA) is 37.4 Å². The van der Waals surface area contributed by atoms with Gasteiger partial charge in [-0.3, -0.25) is 14.5 Å². The fourth-order valence-electron chi connectivity index (χ4n) is 0.912. The van der Waals surface area contributed by atoms with Crippen molar-refractivity contribution in [3.63, 3.8) is 0 Å². The Morgan fingerprint density at radius 3 is 2.80 bits per heavy atom. The summed E-state index contributed by atoms with van der Waals surface area (Å²) < 4.78 is 0. The van der Waals surface area contributed by atoms with E-state index in [1.807, 2.05) is 0 Å². The van der Waals surface area contributed by atoms with Crippen LogP contribution in [0, 0.1) is 5.92 Å². The molecule has 1 saturated heterocycles. The molecule has 2 amide bonds. The predicted octanol–water partition coefficient (Wildman–Crippen LogP) is 0.177. The van der Waals surface area contributed by atoms with Crippen LogP contribution in [-0.4, -0.2) is 23.3 Å². The SMILES string of the molecule is C=CC1CN(C(C)=O)C1=O. The van der Waals surface area contributed by atoms with Crippen LogP contribution in [0.15, 0.2) is 12.7 Å². The number of carbonyl (C=O) groups is 2. The summed E-state index contributed by atoms with van der Waals surface area (Å²) in [5.74, 6) is -0.422. The van der Waals surface area contributed by atoms with Crippen molar-refractivity contribution in [2.24, 2.45) is 5.92 Å². The van der Waals surface area contributed by atoms with Gasteiger partial charge < -0.3 is 0 Å². The van der Waals surface area contributed by atoms with E-state index in [2.05, 4.69) is 6.58 Å². The van der Waals surface area contributed by atoms with Gasteiger partial charge in [0.2, 0.25) is 11.8 Å². The number of likely N-dealkylation sites (tertiary alicyclic amines) is 1. The maximum absolute atomic E-state index is 10.9. The molecule has 0 aliphatic carbocycles. The smallest absolute Gasteiger partial charge is 0.237 e. The van der Waals surface area contributed by atoms with Crippen molar-refractivity contribution in [2.45, 2.75) is 6.92 Å². The van der Waals surface area contributed by atoms with Crippen LogP contribution in [0.25, 0.3) is 0 Å². The predicted molar refractivity (Wildman–Crippen MR) is 36.1 cm³/mol. The summed E-state index contributed by atoms with van der Waals surface area (Å²) in [5, 5.41) is 0. The molecule has 0 bridgehead atoms. The van der Waals surface area contributed by atoms with Crippen molar-refractivity contribution in [3.8, 4) is 0 Å². The third-order valence-corrected chi connectivity index (χ3v) is 1.63. The number of carbonyl (C=O) groups excluding carboxylic acids is 2. The molecule has 1 atom stereocenters. The van der Waals surface area contributed by atoms with E-state index in [4.69, 9.17) is 0 Å². The normalized spacial score (nSPS) is 23.9. The van der Waals surface area contributed by atoms with Gasteiger partial charge >= 0.3 is 0 Å². The van der Waals surface area contributed by atoms with E-state index in [-0.39, 0.29) is 17.7 Å². The second-order valence-corrected chi connectivity index (χ2v) is 2.31. The zero-order chi connectivity index (χ0) is 7.72. The van der Waals surface area contributed by atoms with Gasteiger partial charge in [-0.2, -0.15) is 0 Å². The fraction of sp³-hybridized carbons (Fsp3) is 0.429. The van der Waals surface area contributed by atoms with Crippen LogP contribution in [0.1, 0.15) is 6.92 Å². The first-order chi connectivity index (χ1) is 4.66. The van der Waals surface area contributed by atoms with E-state index in [0.29, 0.717) is 6.54 Å². The average molecular weight is 139 g/mol. The molecule has 1 rings (SSSR count). The summed E-state index contributed by atoms with van der Waals surface area (Å²) in [6.45, 7) is 5.37. The number of amides is 2. The number of hydrogen-bond acceptors (Lipinski definition) is 2. The number of imide groups is 1. The maximum Gasteiger partial charge on any atom is 0.237 e. The lowest BCUT2D eigenvalue weighted by molar-refractivity contribution is -0.155. The van der Waals surface area contributed by atoms with Gasteiger partial charge in [-0.15, -0.1) is 6.58 Å². The zero-order valence-corrected chi connectivity index (χ0v) is 5.83. The van der Waals surface area contributed by atoms with Gasteiger partial charge in [0, 0.05) is 13.5 Å². The lowest BCUT2D eigenvalue weighted by Gasteiger charge is -2.33. The van der Waals surface area contributed by atoms with Crippen LogP contribution in [-0.2, 0) is 9.59 Å². The van der Waals surface area contributed by atoms with Crippen molar-refractivity contribution in [1.29, 1.82) is 0 Å². The van der Waals surface area contributed by atoms with Crippen LogP contribution in [0.2, 0.25) is 0 Å². The second-order valence-electron chi connectivity index (χ2n) is 2.31. The van der Waals surface area contributed by atoms with E-state index >= 15 is 0 Å². The van der Waals surface area contributed by atoms with Crippen molar-refractivity contribution in [2.75, 3.05) is 6.54 Å². The molecule has 0 saturated carbocycles. The summed E-state index contributed by atoms with van der Waals surface area (Å²) >= 11 is 0. The third-order valence-electron chi connectivity index (χ3n) is 1.63. The molecule has 0 aromatic carbocycles. The molecule has 0 aromatic rings. The minimum Gasteiger partial charge on any atom is -0.281 e. The molecule has 1 heterocycles. The van der Waals surface area contributed by atoms with Gasteiger partial charge in [-0.05, 0) is 0 Å². The Balaban J connectivity index is 2.54. The molecule has 3 nitrogen and oxygen atoms in total. The molecule has 54 valence electrons. The average Bonchev–Trinajstić information content (AvgIpc) is 1.85. The highest BCUT2D eigenvalue weighted by Gasteiger charge is 2.36. The molecule has 10 heavy (non-hydrogen) atoms. The van der Waals surface area contributed by atoms with Gasteiger partial charge in [0.05, 0.1) is 5.92 Å². The third kappa shape index (κ3) is 0.835. The van der Waals surface area contributed by atoms with E-state index in [9.17, 15) is 9.59 Å². The van der Waals surface area contributed by atoms with Gasteiger partial charge in [-0.1, -0.05) is 6.08 Å². The molecule has 1 aliphatic rings. The van der Waals surface area contributed by atoms with E-state index < -0.39 is 0 Å². The molecule has 1 unspecified atom stereocenters. The molecule has 0 spiro atoms. The lowest BCUT2D eigenvalue weighted by atomic mass is 9.99. The van der Waals surface area contributed by atoms with Crippen LogP contribution in [0.5, 0.6) is 0 Å². The summed E-state index contributed by atoms with van der Waals surface area (Å²) in [5.41, 5.74) is 0. The maximum atomic E-state index is 10.9. The molecular weight excluding hydrogens is 130 g/mol. The number of hydrogen-bond donors (Lipinski definition) is 0. The Bertz CT molecular complexity index is 198. The molecular formula is C7H9NO2. The molecule has 1 fully saturated rings. The summed E-state index contributed by atoms with van der Waals surface area (Å²) in [6, 6.07) is 0. The minimum atomic E-state index is -0.178. The highest BCUT2D eigenvalue weighted by molar-refractivity contribution is 6.00. The van der Waals surface area contributed by atoms with Crippen LogP contribution in [0.3, 0.4) is 0 Å². The number of rotatable bonds is 1. The van der Waals surface area contributed by atoms with Crippen LogP contribution >= 0.6 is 0 Å². The Morgan fingerprint density at radius 1 is 1.90 bits per heavy atom. The van der Waals surface area contributed by atoms with E-state index in [1.54, 1.807) is 6.08 Å². The van der Waals surface area contributed by atoms with Gasteiger partial charge in [-0.25, -0.2) is 0 Å². The Kier molecular flexibility index (Phi) is 1.57. The summed E-state index contributed by atoms with van der Waals surface area (Å²) in [6.07, 6.45) is 1.57. The molecule has 0 N–H and O–H groups in total. The molecule has 0 radical (unpaired) electrons. The van der Waals surface area contributed by atoms with Gasteiger partial charge in [0.15, 0.2) is 0 Å². The molecule has 0 aromatic heterocycles. The zero-order valence-electron chi connectivity index (χ0n) is 5.83. The quantitative estimate of drug-likeness (QED) is 0.384. The summed E-state index contributed by atoms with van der Waals surface area (Å²) in [4.78, 5) is 22.7. The van der Waals surface area contributed by atoms with Crippen LogP contribution < -0.4 is 0 Å². The second kappa shape index (κ2) is 2.25. The monoisotopic (exact) mass is 139 g/mol. The first-order valence-electron chi connectivity index (χ1n) is 3.11. The van der Waals surface area contributed by atoms with Gasteiger partial charge in [0.25, 0.3) is 0 Å². The number of nitrogens with zero attached hydrogens (tertiary/aromatic N) is 1. The highest BCUT2D eigenvalue weighted by atomic mass is 16.2. The lowest BCUT2D eigenvalue weighted by Crippen LogP contribution is -2.53. The number of β-lactam (4-membered cyclic amide) rings is 1. The molecule has 3 heteroatoms. The van der Waals surface area contributed by atoms with Gasteiger partial charge in [0.1, 0.15) is 0 Å². The largest absolute Gasteiger partial charge is 0.281 e. The van der Waals surface area contributed by atoms with Crippen molar-refractivity contribution < 1.29 is 9.59 Å². The van der Waals surface area contributed by atoms with Crippen molar-refractivity contribution >= 4 is 11.8 Å². The first kappa shape index (κ1) is 6.99. The van der Waals surface area contributed by atoms with E-state index in [1.165, 1.54) is 11.8 Å². The Morgan fingerprint density at radius 2 is 2.50 bits per heavy atom.